The van der Waals surface area contributed by atoms with Crippen LogP contribution < -0.4 is 13.2 Å². The first-order chi connectivity index (χ1) is 13.3. The second-order valence-corrected chi connectivity index (χ2v) is 15.9. The van der Waals surface area contributed by atoms with Crippen molar-refractivity contribution < 1.29 is 4.79 Å². The van der Waals surface area contributed by atoms with E-state index in [-0.39, 0.29) is 5.92 Å². The van der Waals surface area contributed by atoms with Crippen molar-refractivity contribution in [1.29, 1.82) is 0 Å². The molecule has 2 heteroatoms. The molecular weight excluding hydrogens is 389 g/mol. The first-order valence-corrected chi connectivity index (χ1v) is 14.6. The fraction of sp³-hybridized carbons (Fsp3) is 0.240. The van der Waals surface area contributed by atoms with Crippen LogP contribution in [0.2, 0.25) is 5.25 Å². The van der Waals surface area contributed by atoms with Gasteiger partial charge in [-0.05, 0) is 0 Å². The van der Waals surface area contributed by atoms with Gasteiger partial charge < -0.3 is 0 Å². The summed E-state index contributed by atoms with van der Waals surface area (Å²) in [7, 11) is 0. The third-order valence-electron chi connectivity index (χ3n) is 6.03. The van der Waals surface area contributed by atoms with Crippen LogP contribution in [0.1, 0.15) is 25.7 Å². The summed E-state index contributed by atoms with van der Waals surface area (Å²) in [6, 6.07) is 33.0. The molecule has 3 aromatic carbocycles. The topological polar surface area (TPSA) is 17.1 Å². The summed E-state index contributed by atoms with van der Waals surface area (Å²) in [5.74, 6) is 0.693. The van der Waals surface area contributed by atoms with Gasteiger partial charge in [-0.25, -0.2) is 0 Å². The molecular formula is C25H26GeO. The van der Waals surface area contributed by atoms with Crippen molar-refractivity contribution in [2.75, 3.05) is 0 Å². The van der Waals surface area contributed by atoms with Gasteiger partial charge in [-0.3, -0.25) is 0 Å². The van der Waals surface area contributed by atoms with Gasteiger partial charge in [0.05, 0.1) is 0 Å². The van der Waals surface area contributed by atoms with Gasteiger partial charge in [-0.2, -0.15) is 0 Å². The number of rotatable bonds is 5. The Hall–Kier alpha value is -2.13. The molecule has 3 aromatic rings. The Labute approximate surface area is 164 Å². The summed E-state index contributed by atoms with van der Waals surface area (Å²) in [4.78, 5) is 12.8. The van der Waals surface area contributed by atoms with E-state index in [2.05, 4.69) is 91.0 Å². The van der Waals surface area contributed by atoms with E-state index in [0.29, 0.717) is 5.78 Å². The molecule has 1 nitrogen and oxygen atoms in total. The van der Waals surface area contributed by atoms with Gasteiger partial charge in [0.2, 0.25) is 0 Å². The number of ketones is 1. The minimum absolute atomic E-state index is 0.208. The molecule has 0 spiro atoms. The number of benzene rings is 3. The molecule has 1 aliphatic carbocycles. The number of hydrogen-bond acceptors (Lipinski definition) is 1. The second-order valence-electron chi connectivity index (χ2n) is 7.62. The number of hydrogen-bond donors (Lipinski definition) is 0. The van der Waals surface area contributed by atoms with Gasteiger partial charge in [0.1, 0.15) is 0 Å². The maximum atomic E-state index is 12.8. The summed E-state index contributed by atoms with van der Waals surface area (Å²) in [5.41, 5.74) is 0. The van der Waals surface area contributed by atoms with E-state index in [0.717, 1.165) is 24.5 Å². The molecule has 136 valence electrons. The van der Waals surface area contributed by atoms with Crippen LogP contribution in [-0.2, 0) is 4.79 Å². The molecule has 0 bridgehead atoms. The van der Waals surface area contributed by atoms with Crippen LogP contribution in [0.15, 0.2) is 91.0 Å². The Morgan fingerprint density at radius 2 is 1.11 bits per heavy atom. The summed E-state index contributed by atoms with van der Waals surface area (Å²) in [6.07, 6.45) is 4.07. The van der Waals surface area contributed by atoms with E-state index in [1.807, 2.05) is 0 Å². The van der Waals surface area contributed by atoms with Crippen molar-refractivity contribution >= 4 is 32.2 Å². The van der Waals surface area contributed by atoms with Crippen molar-refractivity contribution in [3.63, 3.8) is 0 Å². The molecule has 4 rings (SSSR count). The van der Waals surface area contributed by atoms with Crippen LogP contribution in [-0.4, -0.2) is 19.0 Å². The van der Waals surface area contributed by atoms with E-state index in [4.69, 9.17) is 0 Å². The third-order valence-corrected chi connectivity index (χ3v) is 16.7. The maximum absolute atomic E-state index is 12.8. The van der Waals surface area contributed by atoms with Crippen molar-refractivity contribution in [2.24, 2.45) is 5.92 Å². The molecule has 0 saturated heterocycles. The predicted molar refractivity (Wildman–Crippen MR) is 116 cm³/mol. The zero-order valence-corrected chi connectivity index (χ0v) is 17.8. The van der Waals surface area contributed by atoms with Gasteiger partial charge in [-0.1, -0.05) is 0 Å². The van der Waals surface area contributed by atoms with E-state index >= 15 is 0 Å². The van der Waals surface area contributed by atoms with Gasteiger partial charge in [0.15, 0.2) is 0 Å². The summed E-state index contributed by atoms with van der Waals surface area (Å²) in [6.45, 7) is 0. The Morgan fingerprint density at radius 1 is 0.667 bits per heavy atom. The molecule has 0 N–H and O–H groups in total. The molecule has 1 saturated carbocycles. The van der Waals surface area contributed by atoms with E-state index in [9.17, 15) is 4.79 Å². The fourth-order valence-electron chi connectivity index (χ4n) is 4.66. The molecule has 27 heavy (non-hydrogen) atoms. The third kappa shape index (κ3) is 3.66. The van der Waals surface area contributed by atoms with Crippen LogP contribution in [0.4, 0.5) is 0 Å². The zero-order chi connectivity index (χ0) is 18.5. The van der Waals surface area contributed by atoms with Crippen molar-refractivity contribution in [2.45, 2.75) is 30.9 Å². The minimum atomic E-state index is -2.96. The fourth-order valence-corrected chi connectivity index (χ4v) is 15.5. The van der Waals surface area contributed by atoms with Crippen molar-refractivity contribution in [3.05, 3.63) is 91.0 Å². The van der Waals surface area contributed by atoms with Crippen LogP contribution in [0.25, 0.3) is 0 Å². The number of carbonyl (C=O) groups is 1. The first-order valence-electron chi connectivity index (χ1n) is 10.00. The molecule has 1 unspecified atom stereocenters. The average molecular weight is 415 g/mol. The van der Waals surface area contributed by atoms with Crippen LogP contribution >= 0.6 is 0 Å². The van der Waals surface area contributed by atoms with Gasteiger partial charge in [-0.15, -0.1) is 0 Å². The second kappa shape index (κ2) is 8.27. The van der Waals surface area contributed by atoms with Crippen molar-refractivity contribution in [1.82, 2.24) is 0 Å². The van der Waals surface area contributed by atoms with Crippen LogP contribution in [0.5, 0.6) is 0 Å². The van der Waals surface area contributed by atoms with Crippen LogP contribution in [0.3, 0.4) is 0 Å². The van der Waals surface area contributed by atoms with Crippen molar-refractivity contribution in [3.8, 4) is 0 Å². The number of Topliss-reactive ketones (excluding diaryl/α,β-unsaturated/α-hetero) is 1. The summed E-state index contributed by atoms with van der Waals surface area (Å²) in [5, 5.41) is 1.02. The standard InChI is InChI=1S/C25H26GeO/c27-25-19-11-10-12-21(25)20-26(22-13-4-1-5-14-22,23-15-6-2-7-16-23)24-17-8-3-9-18-24/h1-9,13-18,21H,10-12,19-20H2. The predicted octanol–water partition coefficient (Wildman–Crippen LogP) is 3.92. The first kappa shape index (κ1) is 18.2. The molecule has 0 radical (unpaired) electrons. The molecule has 1 fully saturated rings. The Morgan fingerprint density at radius 3 is 1.52 bits per heavy atom. The molecule has 0 aliphatic heterocycles. The van der Waals surface area contributed by atoms with E-state index in [1.54, 1.807) is 0 Å². The Kier molecular flexibility index (Phi) is 5.59. The SMILES string of the molecule is O=C1CCCCC1[CH2][Ge]([c]1ccccc1)([c]1ccccc1)[c]1ccccc1. The molecule has 0 aromatic heterocycles. The molecule has 1 aliphatic rings. The van der Waals surface area contributed by atoms with E-state index < -0.39 is 13.3 Å². The van der Waals surface area contributed by atoms with Gasteiger partial charge in [0, 0.05) is 0 Å². The molecule has 0 heterocycles. The summed E-state index contributed by atoms with van der Waals surface area (Å²) < 4.78 is 4.36. The Balaban J connectivity index is 1.93. The normalized spacial score (nSPS) is 17.6. The quantitative estimate of drug-likeness (QED) is 0.578. The van der Waals surface area contributed by atoms with Crippen LogP contribution in [0, 0.1) is 5.92 Å². The molecule has 0 amide bonds. The van der Waals surface area contributed by atoms with E-state index in [1.165, 1.54) is 19.6 Å². The average Bonchev–Trinajstić information content (AvgIpc) is 2.75. The monoisotopic (exact) mass is 416 g/mol. The molecule has 1 atom stereocenters. The zero-order valence-electron chi connectivity index (χ0n) is 15.7. The van der Waals surface area contributed by atoms with Gasteiger partial charge >= 0.3 is 165 Å². The summed E-state index contributed by atoms with van der Waals surface area (Å²) >= 11 is -2.96. The van der Waals surface area contributed by atoms with Gasteiger partial charge in [0.25, 0.3) is 0 Å². The Bertz CT molecular complexity index is 777. The number of carbonyl (C=O) groups excluding carboxylic acids is 1.